The molecule has 0 spiro atoms. The minimum Gasteiger partial charge on any atom is 0 e. The van der Waals surface area contributed by atoms with Crippen LogP contribution < -0.4 is 0 Å². The summed E-state index contributed by atoms with van der Waals surface area (Å²) >= 11 is 0.500. The Kier molecular flexibility index (Phi) is 134. The second kappa shape index (κ2) is 28.6. The van der Waals surface area contributed by atoms with E-state index >= 15 is 0 Å². The van der Waals surface area contributed by atoms with E-state index in [1.807, 2.05) is 0 Å². The van der Waals surface area contributed by atoms with Crippen molar-refractivity contribution in [1.82, 2.24) is 0 Å². The van der Waals surface area contributed by atoms with Crippen molar-refractivity contribution in [2.45, 2.75) is 7.43 Å². The molecule has 0 amide bonds. The number of hydrogen-bond donors (Lipinski definition) is 0. The van der Waals surface area contributed by atoms with Crippen molar-refractivity contribution in [3.8, 4) is 0 Å². The van der Waals surface area contributed by atoms with Gasteiger partial charge in [-0.2, -0.15) is 0 Å². The Labute approximate surface area is 53.3 Å². The van der Waals surface area contributed by atoms with Gasteiger partial charge in [-0.1, -0.05) is 7.43 Å². The van der Waals surface area contributed by atoms with Gasteiger partial charge in [0, 0.05) is 21.7 Å². The SMILES string of the molecule is C.[O]=[Nb].[Ti]. The van der Waals surface area contributed by atoms with Gasteiger partial charge >= 0.3 is 24.3 Å². The molecule has 1 nitrogen and oxygen atoms in total. The fourth-order valence-electron chi connectivity index (χ4n) is 0. The summed E-state index contributed by atoms with van der Waals surface area (Å²) in [7, 11) is 0. The predicted molar refractivity (Wildman–Crippen MR) is 7.42 cm³/mol. The van der Waals surface area contributed by atoms with E-state index in [9.17, 15) is 0 Å². The van der Waals surface area contributed by atoms with E-state index in [1.54, 1.807) is 0 Å². The van der Waals surface area contributed by atoms with E-state index < -0.39 is 0 Å². The minimum atomic E-state index is 0. The van der Waals surface area contributed by atoms with Crippen LogP contribution in [-0.4, -0.2) is 0 Å². The van der Waals surface area contributed by atoms with Gasteiger partial charge in [-0.25, -0.2) is 0 Å². The molecule has 0 radical (unpaired) electrons. The van der Waals surface area contributed by atoms with Crippen molar-refractivity contribution in [2.24, 2.45) is 0 Å². The first-order valence-corrected chi connectivity index (χ1v) is 1.08. The first kappa shape index (κ1) is 18.7. The number of hydrogen-bond acceptors (Lipinski definition) is 1. The molecule has 0 atom stereocenters. The van der Waals surface area contributed by atoms with Crippen LogP contribution >= 0.6 is 0 Å². The molecule has 0 aromatic carbocycles. The van der Waals surface area contributed by atoms with E-state index in [4.69, 9.17) is 3.25 Å². The summed E-state index contributed by atoms with van der Waals surface area (Å²) in [5, 5.41) is 0. The average molecular weight is 173 g/mol. The van der Waals surface area contributed by atoms with Crippen LogP contribution in [0.25, 0.3) is 0 Å². The van der Waals surface area contributed by atoms with E-state index in [2.05, 4.69) is 0 Å². The van der Waals surface area contributed by atoms with Gasteiger partial charge in [0.05, 0.1) is 0 Å². The summed E-state index contributed by atoms with van der Waals surface area (Å²) < 4.78 is 8.30. The van der Waals surface area contributed by atoms with Crippen LogP contribution in [0.3, 0.4) is 0 Å². The minimum absolute atomic E-state index is 0. The van der Waals surface area contributed by atoms with Gasteiger partial charge in [0.1, 0.15) is 0 Å². The second-order valence-electron chi connectivity index (χ2n) is 0. The molecule has 3 heteroatoms. The maximum Gasteiger partial charge on any atom is 0 e. The summed E-state index contributed by atoms with van der Waals surface area (Å²) in [4.78, 5) is 0. The van der Waals surface area contributed by atoms with Crippen molar-refractivity contribution in [1.29, 1.82) is 0 Å². The van der Waals surface area contributed by atoms with E-state index in [0.717, 1.165) is 0 Å². The Hall–Kier alpha value is 1.25. The zero-order valence-electron chi connectivity index (χ0n) is 1.36. The molecule has 4 heavy (non-hydrogen) atoms. The Balaban J connectivity index is -0.00000000500. The first-order valence-electron chi connectivity index (χ1n) is 0.183. The Bertz CT molecular complexity index is 8.00. The maximum absolute atomic E-state index is 8.30. The predicted octanol–water partition coefficient (Wildman–Crippen LogP) is 0.512. The fraction of sp³-hybridized carbons (Fsp3) is 1.00. The van der Waals surface area contributed by atoms with Crippen molar-refractivity contribution in [2.75, 3.05) is 0 Å². The number of rotatable bonds is 0. The summed E-state index contributed by atoms with van der Waals surface area (Å²) in [5.41, 5.74) is 0. The van der Waals surface area contributed by atoms with Crippen molar-refractivity contribution in [3.05, 3.63) is 0 Å². The van der Waals surface area contributed by atoms with E-state index in [-0.39, 0.29) is 29.1 Å². The van der Waals surface area contributed by atoms with Crippen molar-refractivity contribution in [3.63, 3.8) is 0 Å². The molecule has 0 aliphatic heterocycles. The van der Waals surface area contributed by atoms with Crippen LogP contribution in [0.1, 0.15) is 7.43 Å². The van der Waals surface area contributed by atoms with Crippen LogP contribution in [0.2, 0.25) is 0 Å². The third kappa shape index (κ3) is 10.5. The van der Waals surface area contributed by atoms with Gasteiger partial charge in [-0.3, -0.25) is 0 Å². The zero-order valence-corrected chi connectivity index (χ0v) is 5.12. The standard InChI is InChI=1S/CH4.Nb.O.Ti/h1H4;;;. The Morgan fingerprint density at radius 3 is 1.25 bits per heavy atom. The third-order valence-electron chi connectivity index (χ3n) is 0. The van der Waals surface area contributed by atoms with Gasteiger partial charge in [-0.05, 0) is 0 Å². The molecule has 0 aliphatic rings. The third-order valence-corrected chi connectivity index (χ3v) is 0. The molecule has 0 heterocycles. The van der Waals surface area contributed by atoms with Gasteiger partial charge < -0.3 is 0 Å². The quantitative estimate of drug-likeness (QED) is 0.487. The largest absolute Gasteiger partial charge is 0 e. The Morgan fingerprint density at radius 2 is 1.25 bits per heavy atom. The molecule has 0 unspecified atom stereocenters. The van der Waals surface area contributed by atoms with Crippen LogP contribution in [0.15, 0.2) is 0 Å². The van der Waals surface area contributed by atoms with Crippen LogP contribution in [0.4, 0.5) is 0 Å². The topological polar surface area (TPSA) is 17.1 Å². The van der Waals surface area contributed by atoms with Gasteiger partial charge in [0.15, 0.2) is 0 Å². The Morgan fingerprint density at radius 1 is 1.25 bits per heavy atom. The smallest absolute Gasteiger partial charge is 0 e. The first-order chi connectivity index (χ1) is 1.00. The maximum atomic E-state index is 8.30. The second-order valence-corrected chi connectivity index (χ2v) is 0. The molecular formula is CH4NbOTi. The molecule has 0 aromatic rings. The van der Waals surface area contributed by atoms with E-state index in [1.165, 1.54) is 0 Å². The molecule has 0 saturated heterocycles. The van der Waals surface area contributed by atoms with Crippen LogP contribution in [-0.2, 0) is 46.0 Å². The van der Waals surface area contributed by atoms with Crippen molar-refractivity contribution >= 4 is 0 Å². The molecule has 0 fully saturated rings. The van der Waals surface area contributed by atoms with Crippen LogP contribution in [0.5, 0.6) is 0 Å². The molecule has 23 valence electrons. The summed E-state index contributed by atoms with van der Waals surface area (Å²) in [6.45, 7) is 0. The molecule has 0 aliphatic carbocycles. The summed E-state index contributed by atoms with van der Waals surface area (Å²) in [6.07, 6.45) is 0. The van der Waals surface area contributed by atoms with E-state index in [0.29, 0.717) is 21.0 Å². The molecule has 0 saturated carbocycles. The molecular weight excluding hydrogens is 169 g/mol. The summed E-state index contributed by atoms with van der Waals surface area (Å²) in [5.74, 6) is 0. The molecule has 0 bridgehead atoms. The molecule has 0 rings (SSSR count). The normalized spacial score (nSPS) is 0.750. The van der Waals surface area contributed by atoms with Crippen LogP contribution in [0, 0.1) is 0 Å². The molecule has 0 aromatic heterocycles. The summed E-state index contributed by atoms with van der Waals surface area (Å²) in [6, 6.07) is 0. The zero-order chi connectivity index (χ0) is 2.00. The van der Waals surface area contributed by atoms with Gasteiger partial charge in [0.2, 0.25) is 0 Å². The average Bonchev–Trinajstić information content (AvgIpc) is 1.00. The fourth-order valence-corrected chi connectivity index (χ4v) is 0. The van der Waals surface area contributed by atoms with Crippen molar-refractivity contribution < 1.29 is 46.0 Å². The van der Waals surface area contributed by atoms with Gasteiger partial charge in [-0.15, -0.1) is 0 Å². The molecule has 0 N–H and O–H groups in total. The van der Waals surface area contributed by atoms with Gasteiger partial charge in [0.25, 0.3) is 0 Å². The monoisotopic (exact) mass is 173 g/mol.